The summed E-state index contributed by atoms with van der Waals surface area (Å²) in [5.74, 6) is 0.777. The molecule has 0 amide bonds. The molecule has 2 rings (SSSR count). The topological polar surface area (TPSA) is 9.23 Å². The molecule has 0 atom stereocenters. The molecule has 0 spiro atoms. The molecule has 0 aliphatic rings. The molecule has 2 aromatic carbocycles. The van der Waals surface area contributed by atoms with Crippen molar-refractivity contribution in [2.24, 2.45) is 0 Å². The summed E-state index contributed by atoms with van der Waals surface area (Å²) in [6.07, 6.45) is 0. The van der Waals surface area contributed by atoms with E-state index in [2.05, 4.69) is 25.1 Å². The number of aryl methyl sites for hydroxylation is 1. The van der Waals surface area contributed by atoms with Crippen LogP contribution >= 0.6 is 0 Å². The van der Waals surface area contributed by atoms with E-state index in [9.17, 15) is 0 Å². The zero-order chi connectivity index (χ0) is 10.7. The molecule has 0 unspecified atom stereocenters. The molecule has 2 aromatic rings. The van der Waals surface area contributed by atoms with Crippen LogP contribution in [0.5, 0.6) is 5.75 Å². The second kappa shape index (κ2) is 4.18. The monoisotopic (exact) mass is 197 g/mol. The van der Waals surface area contributed by atoms with Crippen LogP contribution in [0.15, 0.2) is 42.5 Å². The molecule has 0 N–H and O–H groups in total. The Morgan fingerprint density at radius 3 is 2.53 bits per heavy atom. The van der Waals surface area contributed by atoms with E-state index >= 15 is 0 Å². The summed E-state index contributed by atoms with van der Waals surface area (Å²) in [5, 5.41) is 0. The first-order valence-electron chi connectivity index (χ1n) is 4.93. The molecule has 15 heavy (non-hydrogen) atoms. The second-order valence-corrected chi connectivity index (χ2v) is 3.46. The van der Waals surface area contributed by atoms with Gasteiger partial charge in [0, 0.05) is 6.07 Å². The van der Waals surface area contributed by atoms with Crippen LogP contribution in [0.1, 0.15) is 5.56 Å². The van der Waals surface area contributed by atoms with E-state index in [4.69, 9.17) is 4.74 Å². The molecule has 0 aliphatic heterocycles. The number of hydrogen-bond acceptors (Lipinski definition) is 1. The average Bonchev–Trinajstić information content (AvgIpc) is 2.31. The van der Waals surface area contributed by atoms with E-state index in [-0.39, 0.29) is 0 Å². The lowest BCUT2D eigenvalue weighted by molar-refractivity contribution is 0.414. The fourth-order valence-electron chi connectivity index (χ4n) is 1.59. The smallest absolute Gasteiger partial charge is 0.127 e. The van der Waals surface area contributed by atoms with Gasteiger partial charge in [0.05, 0.1) is 7.11 Å². The van der Waals surface area contributed by atoms with Crippen molar-refractivity contribution in [1.29, 1.82) is 0 Å². The minimum Gasteiger partial charge on any atom is -0.496 e. The third-order valence-electron chi connectivity index (χ3n) is 2.44. The van der Waals surface area contributed by atoms with Gasteiger partial charge in [-0.2, -0.15) is 0 Å². The molecule has 0 bridgehead atoms. The summed E-state index contributed by atoms with van der Waals surface area (Å²) >= 11 is 0. The van der Waals surface area contributed by atoms with Crippen LogP contribution in [0, 0.1) is 13.0 Å². The first kappa shape index (κ1) is 9.78. The van der Waals surface area contributed by atoms with Gasteiger partial charge in [-0.05, 0) is 35.7 Å². The van der Waals surface area contributed by atoms with Crippen molar-refractivity contribution >= 4 is 0 Å². The number of hydrogen-bond donors (Lipinski definition) is 0. The third kappa shape index (κ3) is 2.01. The number of methoxy groups -OCH3 is 1. The molecule has 0 aliphatic carbocycles. The van der Waals surface area contributed by atoms with E-state index in [1.807, 2.05) is 30.3 Å². The lowest BCUT2D eigenvalue weighted by Gasteiger charge is -2.07. The standard InChI is InChI=1S/C14H13O/c1-11-8-9-13(15-2)10-14(11)12-6-4-3-5-7-12/h3-8,10H,1-2H3. The fourth-order valence-corrected chi connectivity index (χ4v) is 1.59. The van der Waals surface area contributed by atoms with E-state index in [0.29, 0.717) is 0 Å². The molecule has 0 fully saturated rings. The second-order valence-electron chi connectivity index (χ2n) is 3.46. The quantitative estimate of drug-likeness (QED) is 0.716. The zero-order valence-corrected chi connectivity index (χ0v) is 8.95. The van der Waals surface area contributed by atoms with Crippen LogP contribution in [0.25, 0.3) is 11.1 Å². The lowest BCUT2D eigenvalue weighted by atomic mass is 10.0. The van der Waals surface area contributed by atoms with Crippen LogP contribution in [0.3, 0.4) is 0 Å². The Kier molecular flexibility index (Phi) is 2.72. The van der Waals surface area contributed by atoms with E-state index in [1.54, 1.807) is 7.11 Å². The summed E-state index contributed by atoms with van der Waals surface area (Å²) in [6, 6.07) is 17.3. The molecular formula is C14H13O. The molecular weight excluding hydrogens is 184 g/mol. The van der Waals surface area contributed by atoms with Crippen molar-refractivity contribution in [3.63, 3.8) is 0 Å². The summed E-state index contributed by atoms with van der Waals surface area (Å²) in [5.41, 5.74) is 3.62. The Morgan fingerprint density at radius 2 is 1.87 bits per heavy atom. The SMILES string of the molecule is COc1[c]cc(C)c(-c2ccccc2)c1. The van der Waals surface area contributed by atoms with Gasteiger partial charge in [0.1, 0.15) is 5.75 Å². The normalized spacial score (nSPS) is 10.0. The van der Waals surface area contributed by atoms with Crippen LogP contribution < -0.4 is 4.74 Å². The fraction of sp³-hybridized carbons (Fsp3) is 0.143. The Labute approximate surface area is 90.3 Å². The maximum absolute atomic E-state index is 5.18. The minimum absolute atomic E-state index is 0.777. The average molecular weight is 197 g/mol. The van der Waals surface area contributed by atoms with Crippen molar-refractivity contribution in [2.75, 3.05) is 7.11 Å². The van der Waals surface area contributed by atoms with Crippen molar-refractivity contribution in [1.82, 2.24) is 0 Å². The highest BCUT2D eigenvalue weighted by molar-refractivity contribution is 5.68. The van der Waals surface area contributed by atoms with Gasteiger partial charge in [-0.1, -0.05) is 30.3 Å². The Balaban J connectivity index is 2.52. The Hall–Kier alpha value is -1.76. The highest BCUT2D eigenvalue weighted by Gasteiger charge is 2.02. The number of benzene rings is 2. The first-order valence-corrected chi connectivity index (χ1v) is 4.93. The van der Waals surface area contributed by atoms with Gasteiger partial charge in [-0.3, -0.25) is 0 Å². The van der Waals surface area contributed by atoms with Gasteiger partial charge in [0.15, 0.2) is 0 Å². The van der Waals surface area contributed by atoms with Gasteiger partial charge >= 0.3 is 0 Å². The summed E-state index contributed by atoms with van der Waals surface area (Å²) in [6.45, 7) is 2.08. The minimum atomic E-state index is 0.777. The van der Waals surface area contributed by atoms with Gasteiger partial charge in [-0.25, -0.2) is 0 Å². The zero-order valence-electron chi connectivity index (χ0n) is 8.95. The predicted molar refractivity (Wildman–Crippen MR) is 62.0 cm³/mol. The molecule has 1 nitrogen and oxygen atoms in total. The highest BCUT2D eigenvalue weighted by Crippen LogP contribution is 2.26. The van der Waals surface area contributed by atoms with Gasteiger partial charge in [-0.15, -0.1) is 0 Å². The summed E-state index contributed by atoms with van der Waals surface area (Å²) in [4.78, 5) is 0. The number of rotatable bonds is 2. The molecule has 1 radical (unpaired) electrons. The molecule has 0 heterocycles. The van der Waals surface area contributed by atoms with Crippen molar-refractivity contribution < 1.29 is 4.74 Å². The molecule has 1 heteroatoms. The van der Waals surface area contributed by atoms with Gasteiger partial charge < -0.3 is 4.74 Å². The molecule has 0 saturated heterocycles. The number of ether oxygens (including phenoxy) is 1. The van der Waals surface area contributed by atoms with Crippen molar-refractivity contribution in [3.05, 3.63) is 54.1 Å². The van der Waals surface area contributed by atoms with Gasteiger partial charge in [0.2, 0.25) is 0 Å². The first-order chi connectivity index (χ1) is 7.31. The maximum atomic E-state index is 5.18. The van der Waals surface area contributed by atoms with Crippen LogP contribution in [-0.2, 0) is 0 Å². The van der Waals surface area contributed by atoms with Crippen molar-refractivity contribution in [2.45, 2.75) is 6.92 Å². The Bertz CT molecular complexity index is 446. The predicted octanol–water partition coefficient (Wildman–Crippen LogP) is 3.47. The maximum Gasteiger partial charge on any atom is 0.127 e. The largest absolute Gasteiger partial charge is 0.496 e. The van der Waals surface area contributed by atoms with E-state index in [0.717, 1.165) is 5.75 Å². The van der Waals surface area contributed by atoms with Crippen molar-refractivity contribution in [3.8, 4) is 16.9 Å². The summed E-state index contributed by atoms with van der Waals surface area (Å²) in [7, 11) is 1.66. The third-order valence-corrected chi connectivity index (χ3v) is 2.44. The summed E-state index contributed by atoms with van der Waals surface area (Å²) < 4.78 is 5.18. The van der Waals surface area contributed by atoms with Crippen LogP contribution in [0.2, 0.25) is 0 Å². The highest BCUT2D eigenvalue weighted by atomic mass is 16.5. The van der Waals surface area contributed by atoms with E-state index < -0.39 is 0 Å². The molecule has 75 valence electrons. The van der Waals surface area contributed by atoms with E-state index in [1.165, 1.54) is 16.7 Å². The Morgan fingerprint density at radius 1 is 1.13 bits per heavy atom. The van der Waals surface area contributed by atoms with Gasteiger partial charge in [0.25, 0.3) is 0 Å². The van der Waals surface area contributed by atoms with Crippen LogP contribution in [0.4, 0.5) is 0 Å². The molecule has 0 aromatic heterocycles. The lowest BCUT2D eigenvalue weighted by Crippen LogP contribution is -1.87. The molecule has 0 saturated carbocycles. The van der Waals surface area contributed by atoms with Crippen LogP contribution in [-0.4, -0.2) is 7.11 Å².